The molecule has 2 heterocycles. The zero-order valence-corrected chi connectivity index (χ0v) is 19.9. The molecule has 1 saturated heterocycles. The number of morpholine rings is 1. The van der Waals surface area contributed by atoms with Crippen molar-refractivity contribution in [2.75, 3.05) is 32.9 Å². The highest BCUT2D eigenvalue weighted by Crippen LogP contribution is 2.48. The van der Waals surface area contributed by atoms with Crippen LogP contribution in [0, 0.1) is 6.92 Å². The number of fused-ring (bicyclic) bond motifs is 3. The van der Waals surface area contributed by atoms with Crippen molar-refractivity contribution in [3.05, 3.63) is 76.0 Å². The minimum absolute atomic E-state index is 0.103. The van der Waals surface area contributed by atoms with E-state index >= 15 is 0 Å². The smallest absolute Gasteiger partial charge is 0.342 e. The van der Waals surface area contributed by atoms with E-state index in [0.717, 1.165) is 10.9 Å². The van der Waals surface area contributed by atoms with Crippen molar-refractivity contribution in [2.45, 2.75) is 19.9 Å². The van der Waals surface area contributed by atoms with E-state index in [1.165, 1.54) is 0 Å². The van der Waals surface area contributed by atoms with Crippen LogP contribution < -0.4 is 0 Å². The molecule has 0 unspecified atom stereocenters. The maximum absolute atomic E-state index is 13.1. The number of hydrogen-bond acceptors (Lipinski definition) is 6. The Hall–Kier alpha value is -3.06. The van der Waals surface area contributed by atoms with Gasteiger partial charge >= 0.3 is 5.97 Å². The summed E-state index contributed by atoms with van der Waals surface area (Å²) >= 11 is 6.71. The summed E-state index contributed by atoms with van der Waals surface area (Å²) in [5.41, 5.74) is 2.31. The summed E-state index contributed by atoms with van der Waals surface area (Å²) in [5, 5.41) is 14.3. The normalized spacial score (nSPS) is 15.6. The first-order valence-corrected chi connectivity index (χ1v) is 11.8. The number of hydrogen-bond donors (Lipinski definition) is 1. The molecular formula is C27H26ClNO5. The van der Waals surface area contributed by atoms with Crippen molar-refractivity contribution >= 4 is 39.3 Å². The molecule has 0 saturated carbocycles. The molecule has 5 rings (SSSR count). The minimum atomic E-state index is -0.477. The number of halogens is 1. The number of nitrogens with zero attached hydrogens (tertiary/aromatic N) is 1. The van der Waals surface area contributed by atoms with Crippen LogP contribution in [0.25, 0.3) is 21.7 Å². The number of ether oxygens (including phenoxy) is 2. The number of aryl methyl sites for hydroxylation is 1. The Morgan fingerprint density at radius 2 is 1.79 bits per heavy atom. The van der Waals surface area contributed by atoms with Gasteiger partial charge in [-0.15, -0.1) is 0 Å². The fourth-order valence-electron chi connectivity index (χ4n) is 4.93. The maximum Gasteiger partial charge on any atom is 0.342 e. The van der Waals surface area contributed by atoms with Crippen molar-refractivity contribution in [1.82, 2.24) is 4.90 Å². The van der Waals surface area contributed by atoms with E-state index in [0.29, 0.717) is 64.6 Å². The summed E-state index contributed by atoms with van der Waals surface area (Å²) < 4.78 is 17.2. The number of phenols is 1. The lowest BCUT2D eigenvalue weighted by molar-refractivity contribution is 0.0238. The predicted octanol–water partition coefficient (Wildman–Crippen LogP) is 5.85. The Kier molecular flexibility index (Phi) is 6.21. The van der Waals surface area contributed by atoms with Crippen molar-refractivity contribution in [2.24, 2.45) is 0 Å². The minimum Gasteiger partial charge on any atom is -0.507 e. The van der Waals surface area contributed by atoms with Crippen LogP contribution in [-0.2, 0) is 9.47 Å². The highest BCUT2D eigenvalue weighted by Gasteiger charge is 2.35. The van der Waals surface area contributed by atoms with Crippen LogP contribution >= 0.6 is 11.6 Å². The second-order valence-corrected chi connectivity index (χ2v) is 8.75. The van der Waals surface area contributed by atoms with Crippen LogP contribution in [0.3, 0.4) is 0 Å². The molecule has 4 aromatic rings. The second kappa shape index (κ2) is 9.29. The van der Waals surface area contributed by atoms with Crippen LogP contribution in [-0.4, -0.2) is 48.9 Å². The van der Waals surface area contributed by atoms with Gasteiger partial charge in [0, 0.05) is 39.8 Å². The number of furan rings is 1. The Labute approximate surface area is 202 Å². The lowest BCUT2D eigenvalue weighted by Crippen LogP contribution is -2.39. The lowest BCUT2D eigenvalue weighted by atomic mass is 9.88. The third-order valence-corrected chi connectivity index (χ3v) is 6.74. The molecule has 1 atom stereocenters. The van der Waals surface area contributed by atoms with Crippen LogP contribution in [0.15, 0.2) is 52.9 Å². The number of aromatic hydroxyl groups is 1. The van der Waals surface area contributed by atoms with E-state index in [1.807, 2.05) is 48.5 Å². The van der Waals surface area contributed by atoms with Gasteiger partial charge in [0.2, 0.25) is 0 Å². The van der Waals surface area contributed by atoms with Gasteiger partial charge in [0.1, 0.15) is 22.7 Å². The molecule has 3 aromatic carbocycles. The topological polar surface area (TPSA) is 72.1 Å². The average Bonchev–Trinajstić information content (AvgIpc) is 3.20. The van der Waals surface area contributed by atoms with Crippen molar-refractivity contribution in [3.63, 3.8) is 0 Å². The molecule has 1 aromatic heterocycles. The van der Waals surface area contributed by atoms with Gasteiger partial charge in [0.15, 0.2) is 0 Å². The first-order valence-electron chi connectivity index (χ1n) is 11.4. The van der Waals surface area contributed by atoms with E-state index in [-0.39, 0.29) is 12.4 Å². The molecule has 176 valence electrons. The van der Waals surface area contributed by atoms with E-state index in [1.54, 1.807) is 13.8 Å². The van der Waals surface area contributed by atoms with Gasteiger partial charge in [-0.1, -0.05) is 54.1 Å². The zero-order valence-electron chi connectivity index (χ0n) is 19.1. The first-order chi connectivity index (χ1) is 16.5. The molecular weight excluding hydrogens is 454 g/mol. The molecule has 0 amide bonds. The molecule has 0 bridgehead atoms. The molecule has 34 heavy (non-hydrogen) atoms. The number of carbonyl (C=O) groups excluding carboxylic acids is 1. The van der Waals surface area contributed by atoms with Gasteiger partial charge < -0.3 is 19.0 Å². The molecule has 7 heteroatoms. The van der Waals surface area contributed by atoms with Crippen LogP contribution in [0.4, 0.5) is 0 Å². The summed E-state index contributed by atoms with van der Waals surface area (Å²) in [7, 11) is 0. The molecule has 6 nitrogen and oxygen atoms in total. The molecule has 0 aliphatic carbocycles. The van der Waals surface area contributed by atoms with E-state index < -0.39 is 12.0 Å². The van der Waals surface area contributed by atoms with Crippen LogP contribution in [0.1, 0.15) is 40.2 Å². The highest BCUT2D eigenvalue weighted by molar-refractivity contribution is 6.31. The summed E-state index contributed by atoms with van der Waals surface area (Å²) in [5.74, 6) is 0.0748. The monoisotopic (exact) mass is 479 g/mol. The van der Waals surface area contributed by atoms with Crippen LogP contribution in [0.5, 0.6) is 5.75 Å². The molecule has 0 radical (unpaired) electrons. The predicted molar refractivity (Wildman–Crippen MR) is 132 cm³/mol. The van der Waals surface area contributed by atoms with Gasteiger partial charge in [-0.25, -0.2) is 4.79 Å². The fraction of sp³-hybridized carbons (Fsp3) is 0.296. The maximum atomic E-state index is 13.1. The van der Waals surface area contributed by atoms with Crippen molar-refractivity contribution in [3.8, 4) is 5.75 Å². The first kappa shape index (κ1) is 22.7. The number of carbonyl (C=O) groups is 1. The molecule has 1 aliphatic heterocycles. The Morgan fingerprint density at radius 1 is 1.12 bits per heavy atom. The number of benzene rings is 3. The number of rotatable bonds is 5. The van der Waals surface area contributed by atoms with E-state index in [2.05, 4.69) is 4.90 Å². The Bertz CT molecular complexity index is 1370. The van der Waals surface area contributed by atoms with Gasteiger partial charge in [-0.05, 0) is 25.5 Å². The Balaban J connectivity index is 1.91. The molecule has 0 spiro atoms. The second-order valence-electron chi connectivity index (χ2n) is 8.34. The summed E-state index contributed by atoms with van der Waals surface area (Å²) in [6.45, 7) is 6.17. The fourth-order valence-corrected chi connectivity index (χ4v) is 5.16. The third kappa shape index (κ3) is 3.72. The quantitative estimate of drug-likeness (QED) is 0.362. The van der Waals surface area contributed by atoms with E-state index in [4.69, 9.17) is 25.5 Å². The summed E-state index contributed by atoms with van der Waals surface area (Å²) in [4.78, 5) is 15.3. The third-order valence-electron chi connectivity index (χ3n) is 6.40. The van der Waals surface area contributed by atoms with Crippen molar-refractivity contribution in [1.29, 1.82) is 0 Å². The van der Waals surface area contributed by atoms with Crippen LogP contribution in [0.2, 0.25) is 5.02 Å². The number of phenolic OH excluding ortho intramolecular Hbond substituents is 1. The molecule has 1 N–H and O–H groups in total. The Morgan fingerprint density at radius 3 is 2.50 bits per heavy atom. The average molecular weight is 480 g/mol. The molecule has 1 fully saturated rings. The van der Waals surface area contributed by atoms with Gasteiger partial charge in [-0.3, -0.25) is 4.90 Å². The summed E-state index contributed by atoms with van der Waals surface area (Å²) in [6.07, 6.45) is 0. The van der Waals surface area contributed by atoms with E-state index in [9.17, 15) is 9.90 Å². The van der Waals surface area contributed by atoms with Gasteiger partial charge in [0.05, 0.1) is 25.9 Å². The molecule has 1 aliphatic rings. The van der Waals surface area contributed by atoms with Crippen molar-refractivity contribution < 1.29 is 23.8 Å². The lowest BCUT2D eigenvalue weighted by Gasteiger charge is -2.36. The summed E-state index contributed by atoms with van der Waals surface area (Å²) in [6, 6.07) is 14.7. The zero-order chi connectivity index (χ0) is 23.8. The van der Waals surface area contributed by atoms with Gasteiger partial charge in [0.25, 0.3) is 0 Å². The highest BCUT2D eigenvalue weighted by atomic mass is 35.5. The van der Waals surface area contributed by atoms with Gasteiger partial charge in [-0.2, -0.15) is 0 Å². The SMILES string of the molecule is CCOC(=O)c1c(C)oc2c1c([C@@H](c1ccccc1Cl)N1CCOCC1)c(O)c1ccccc12. The largest absolute Gasteiger partial charge is 0.507 e. The number of esters is 1. The standard InChI is InChI=1S/C27H26ClNO5/c1-3-33-27(31)21-16(2)34-26-18-9-5-4-8-17(18)25(30)23(22(21)26)24(29-12-14-32-15-13-29)19-10-6-7-11-20(19)28/h4-11,24,30H,3,12-15H2,1-2H3/t24-/m1/s1.